The highest BCUT2D eigenvalue weighted by atomic mass is 32.2. The lowest BCUT2D eigenvalue weighted by molar-refractivity contribution is -0.121. The molecule has 1 amide bonds. The molecule has 1 aliphatic rings. The van der Waals surface area contributed by atoms with E-state index in [9.17, 15) is 13.2 Å². The van der Waals surface area contributed by atoms with Gasteiger partial charge >= 0.3 is 0 Å². The number of carbonyl (C=O) groups is 1. The third-order valence-electron chi connectivity index (χ3n) is 5.56. The average Bonchev–Trinajstić information content (AvgIpc) is 2.67. The standard InChI is InChI=1S/C22H36N2O4S/c1-18-10-7-13-21(19(18)2)24(29(3,26)27)16-8-14-22(25)23-15-9-17-28-20-11-5-4-6-12-20/h7,10,13,20H,4-6,8-9,11-12,14-17H2,1-3H3,(H,23,25). The van der Waals surface area contributed by atoms with Gasteiger partial charge in [0.15, 0.2) is 0 Å². The number of amides is 1. The molecule has 1 aromatic rings. The van der Waals surface area contributed by atoms with Gasteiger partial charge in [-0.1, -0.05) is 31.4 Å². The molecule has 1 aliphatic carbocycles. The zero-order valence-electron chi connectivity index (χ0n) is 18.1. The molecule has 0 saturated heterocycles. The number of nitrogens with one attached hydrogen (secondary N) is 1. The summed E-state index contributed by atoms with van der Waals surface area (Å²) in [5.74, 6) is -0.0444. The van der Waals surface area contributed by atoms with E-state index < -0.39 is 10.0 Å². The van der Waals surface area contributed by atoms with Crippen molar-refractivity contribution in [2.24, 2.45) is 0 Å². The van der Waals surface area contributed by atoms with Crippen LogP contribution >= 0.6 is 0 Å². The summed E-state index contributed by atoms with van der Waals surface area (Å²) in [7, 11) is -3.41. The van der Waals surface area contributed by atoms with Crippen LogP contribution in [0.5, 0.6) is 0 Å². The average molecular weight is 425 g/mol. The van der Waals surface area contributed by atoms with Crippen molar-refractivity contribution < 1.29 is 17.9 Å². The molecule has 0 aromatic heterocycles. The number of aryl methyl sites for hydroxylation is 1. The van der Waals surface area contributed by atoms with Gasteiger partial charge in [-0.25, -0.2) is 8.42 Å². The van der Waals surface area contributed by atoms with Crippen molar-refractivity contribution >= 4 is 21.6 Å². The molecule has 1 fully saturated rings. The summed E-state index contributed by atoms with van der Waals surface area (Å²) in [6.45, 7) is 5.45. The molecular formula is C22H36N2O4S. The topological polar surface area (TPSA) is 75.7 Å². The highest BCUT2D eigenvalue weighted by molar-refractivity contribution is 7.92. The fourth-order valence-corrected chi connectivity index (χ4v) is 4.74. The molecule has 7 heteroatoms. The predicted octanol–water partition coefficient (Wildman–Crippen LogP) is 3.71. The van der Waals surface area contributed by atoms with Crippen molar-refractivity contribution in [3.05, 3.63) is 29.3 Å². The number of carbonyl (C=O) groups excluding carboxylic acids is 1. The lowest BCUT2D eigenvalue weighted by atomic mass is 9.98. The Morgan fingerprint density at radius 3 is 2.59 bits per heavy atom. The highest BCUT2D eigenvalue weighted by Crippen LogP contribution is 2.25. The van der Waals surface area contributed by atoms with Gasteiger partial charge in [-0.3, -0.25) is 9.10 Å². The predicted molar refractivity (Wildman–Crippen MR) is 118 cm³/mol. The maximum absolute atomic E-state index is 12.3. The van der Waals surface area contributed by atoms with Gasteiger partial charge in [-0.2, -0.15) is 0 Å². The van der Waals surface area contributed by atoms with E-state index in [2.05, 4.69) is 5.32 Å². The molecule has 0 radical (unpaired) electrons. The summed E-state index contributed by atoms with van der Waals surface area (Å²) in [6.07, 6.45) is 9.34. The largest absolute Gasteiger partial charge is 0.378 e. The van der Waals surface area contributed by atoms with Crippen molar-refractivity contribution in [1.29, 1.82) is 0 Å². The highest BCUT2D eigenvalue weighted by Gasteiger charge is 2.20. The van der Waals surface area contributed by atoms with Crippen molar-refractivity contribution in [3.63, 3.8) is 0 Å². The van der Waals surface area contributed by atoms with Gasteiger partial charge in [0.05, 0.1) is 18.0 Å². The molecule has 1 N–H and O–H groups in total. The molecule has 164 valence electrons. The van der Waals surface area contributed by atoms with Crippen LogP contribution in [0.25, 0.3) is 0 Å². The van der Waals surface area contributed by atoms with E-state index >= 15 is 0 Å². The van der Waals surface area contributed by atoms with Crippen LogP contribution in [0, 0.1) is 13.8 Å². The molecule has 1 aromatic carbocycles. The van der Waals surface area contributed by atoms with Crippen molar-refractivity contribution in [3.8, 4) is 0 Å². The van der Waals surface area contributed by atoms with E-state index in [1.165, 1.54) is 29.8 Å². The molecule has 29 heavy (non-hydrogen) atoms. The van der Waals surface area contributed by atoms with Crippen LogP contribution < -0.4 is 9.62 Å². The van der Waals surface area contributed by atoms with Gasteiger partial charge in [0.2, 0.25) is 15.9 Å². The maximum Gasteiger partial charge on any atom is 0.232 e. The van der Waals surface area contributed by atoms with Gasteiger partial charge in [0.1, 0.15) is 0 Å². The van der Waals surface area contributed by atoms with Crippen molar-refractivity contribution in [1.82, 2.24) is 5.32 Å². The molecule has 0 bridgehead atoms. The van der Waals surface area contributed by atoms with Crippen LogP contribution in [0.2, 0.25) is 0 Å². The SMILES string of the molecule is Cc1cccc(N(CCCC(=O)NCCCOC2CCCCC2)S(C)(=O)=O)c1C. The second-order valence-electron chi connectivity index (χ2n) is 7.99. The van der Waals surface area contributed by atoms with E-state index in [0.29, 0.717) is 44.3 Å². The molecule has 6 nitrogen and oxygen atoms in total. The maximum atomic E-state index is 12.3. The quantitative estimate of drug-likeness (QED) is 0.550. The molecule has 0 spiro atoms. The minimum atomic E-state index is -3.41. The summed E-state index contributed by atoms with van der Waals surface area (Å²) in [5, 5.41) is 2.91. The van der Waals surface area contributed by atoms with Gasteiger partial charge in [0, 0.05) is 26.1 Å². The first kappa shape index (κ1) is 23.7. The Labute approximate surface area is 176 Å². The Balaban J connectivity index is 1.70. The van der Waals surface area contributed by atoms with Crippen LogP contribution in [0.3, 0.4) is 0 Å². The Morgan fingerprint density at radius 1 is 1.17 bits per heavy atom. The third-order valence-corrected chi connectivity index (χ3v) is 6.74. The number of anilines is 1. The summed E-state index contributed by atoms with van der Waals surface area (Å²) in [6, 6.07) is 5.64. The van der Waals surface area contributed by atoms with Crippen molar-refractivity contribution in [2.75, 3.05) is 30.3 Å². The molecule has 2 rings (SSSR count). The zero-order chi connectivity index (χ0) is 21.3. The van der Waals surface area contributed by atoms with Crippen LogP contribution in [0.15, 0.2) is 18.2 Å². The van der Waals surface area contributed by atoms with Gasteiger partial charge in [0.25, 0.3) is 0 Å². The smallest absolute Gasteiger partial charge is 0.232 e. The lowest BCUT2D eigenvalue weighted by Crippen LogP contribution is -2.33. The Kier molecular flexibility index (Phi) is 9.43. The summed E-state index contributed by atoms with van der Waals surface area (Å²) in [5.41, 5.74) is 2.68. The Morgan fingerprint density at radius 2 is 1.90 bits per heavy atom. The van der Waals surface area contributed by atoms with Gasteiger partial charge in [-0.15, -0.1) is 0 Å². The van der Waals surface area contributed by atoms with Crippen LogP contribution in [0.4, 0.5) is 5.69 Å². The number of sulfonamides is 1. The first-order valence-corrected chi connectivity index (χ1v) is 12.6. The number of benzene rings is 1. The number of nitrogens with zero attached hydrogens (tertiary/aromatic N) is 1. The Hall–Kier alpha value is -1.60. The number of hydrogen-bond donors (Lipinski definition) is 1. The first-order valence-electron chi connectivity index (χ1n) is 10.7. The zero-order valence-corrected chi connectivity index (χ0v) is 18.9. The molecule has 1 saturated carbocycles. The van der Waals surface area contributed by atoms with E-state index in [1.54, 1.807) is 0 Å². The van der Waals surface area contributed by atoms with E-state index in [4.69, 9.17) is 4.74 Å². The second-order valence-corrected chi connectivity index (χ2v) is 9.90. The van der Waals surface area contributed by atoms with Crippen LogP contribution in [-0.4, -0.2) is 46.4 Å². The monoisotopic (exact) mass is 424 g/mol. The number of hydrogen-bond acceptors (Lipinski definition) is 4. The first-order chi connectivity index (χ1) is 13.8. The third kappa shape index (κ3) is 7.97. The van der Waals surface area contributed by atoms with Crippen molar-refractivity contribution in [2.45, 2.75) is 71.3 Å². The minimum Gasteiger partial charge on any atom is -0.378 e. The van der Waals surface area contributed by atoms with Gasteiger partial charge in [-0.05, 0) is 56.7 Å². The summed E-state index contributed by atoms with van der Waals surface area (Å²) in [4.78, 5) is 12.1. The van der Waals surface area contributed by atoms with Crippen LogP contribution in [0.1, 0.15) is 62.5 Å². The normalized spacial score (nSPS) is 15.3. The minimum absolute atomic E-state index is 0.0444. The van der Waals surface area contributed by atoms with Gasteiger partial charge < -0.3 is 10.1 Å². The van der Waals surface area contributed by atoms with E-state index in [0.717, 1.165) is 30.4 Å². The lowest BCUT2D eigenvalue weighted by Gasteiger charge is -2.25. The number of rotatable bonds is 11. The number of ether oxygens (including phenoxy) is 1. The summed E-state index contributed by atoms with van der Waals surface area (Å²) < 4.78 is 31.8. The summed E-state index contributed by atoms with van der Waals surface area (Å²) >= 11 is 0. The fourth-order valence-electron chi connectivity index (χ4n) is 3.72. The molecule has 0 unspecified atom stereocenters. The fraction of sp³-hybridized carbons (Fsp3) is 0.682. The van der Waals surface area contributed by atoms with E-state index in [-0.39, 0.29) is 5.91 Å². The molecule has 0 aliphatic heterocycles. The van der Waals surface area contributed by atoms with Crippen LogP contribution in [-0.2, 0) is 19.6 Å². The van der Waals surface area contributed by atoms with E-state index in [1.807, 2.05) is 32.0 Å². The Bertz CT molecular complexity index is 758. The molecule has 0 atom stereocenters. The molecular weight excluding hydrogens is 388 g/mol. The second kappa shape index (κ2) is 11.6. The molecule has 0 heterocycles.